The third kappa shape index (κ3) is 4.78. The number of rotatable bonds is 4. The van der Waals surface area contributed by atoms with Crippen molar-refractivity contribution in [1.29, 1.82) is 0 Å². The Morgan fingerprint density at radius 1 is 0.943 bits per heavy atom. The molecule has 5 nitrogen and oxygen atoms in total. The van der Waals surface area contributed by atoms with Gasteiger partial charge in [0.1, 0.15) is 0 Å². The summed E-state index contributed by atoms with van der Waals surface area (Å²) in [6.07, 6.45) is 0.984. The molecule has 0 radical (unpaired) electrons. The molecule has 0 bridgehead atoms. The zero-order chi connectivity index (χ0) is 24.5. The van der Waals surface area contributed by atoms with E-state index in [9.17, 15) is 9.59 Å². The number of nitrogens with zero attached hydrogens (tertiary/aromatic N) is 3. The molecule has 2 aliphatic rings. The molecular formula is C29H33N3O2S. The molecule has 5 rings (SSSR count). The lowest BCUT2D eigenvalue weighted by Crippen LogP contribution is -2.57. The average Bonchev–Trinajstić information content (AvgIpc) is 3.33. The van der Waals surface area contributed by atoms with Crippen LogP contribution in [0.4, 0.5) is 0 Å². The molecule has 3 aromatic rings. The Labute approximate surface area is 212 Å². The number of hydrogen-bond donors (Lipinski definition) is 0. The van der Waals surface area contributed by atoms with Gasteiger partial charge < -0.3 is 9.80 Å². The lowest BCUT2D eigenvalue weighted by molar-refractivity contribution is -0.135. The van der Waals surface area contributed by atoms with E-state index in [1.165, 1.54) is 21.6 Å². The molecule has 35 heavy (non-hydrogen) atoms. The molecule has 0 unspecified atom stereocenters. The summed E-state index contributed by atoms with van der Waals surface area (Å²) in [7, 11) is 0. The van der Waals surface area contributed by atoms with Crippen molar-refractivity contribution in [3.05, 3.63) is 92.7 Å². The van der Waals surface area contributed by atoms with Crippen molar-refractivity contribution in [2.75, 3.05) is 32.7 Å². The van der Waals surface area contributed by atoms with Crippen molar-refractivity contribution >= 4 is 23.2 Å². The van der Waals surface area contributed by atoms with Gasteiger partial charge in [-0.1, -0.05) is 42.0 Å². The van der Waals surface area contributed by atoms with E-state index in [4.69, 9.17) is 0 Å². The van der Waals surface area contributed by atoms with E-state index in [2.05, 4.69) is 47.5 Å². The summed E-state index contributed by atoms with van der Waals surface area (Å²) in [5.41, 5.74) is 5.72. The molecule has 3 heterocycles. The normalized spacial score (nSPS) is 20.5. The van der Waals surface area contributed by atoms with E-state index in [1.54, 1.807) is 0 Å². The largest absolute Gasteiger partial charge is 0.338 e. The second-order valence-corrected chi connectivity index (χ2v) is 10.8. The highest BCUT2D eigenvalue weighted by Crippen LogP contribution is 2.38. The Morgan fingerprint density at radius 2 is 1.71 bits per heavy atom. The molecule has 2 aliphatic heterocycles. The first kappa shape index (κ1) is 23.8. The van der Waals surface area contributed by atoms with Gasteiger partial charge in [-0.15, -0.1) is 11.3 Å². The molecule has 0 aliphatic carbocycles. The summed E-state index contributed by atoms with van der Waals surface area (Å²) in [5.74, 6) is 0.196. The summed E-state index contributed by atoms with van der Waals surface area (Å²) in [4.78, 5) is 34.2. The van der Waals surface area contributed by atoms with Gasteiger partial charge in [0.05, 0.1) is 12.6 Å². The number of thiophene rings is 1. The molecular weight excluding hydrogens is 454 g/mol. The number of fused-ring (bicyclic) bond motifs is 1. The van der Waals surface area contributed by atoms with Crippen molar-refractivity contribution < 1.29 is 9.59 Å². The number of hydrogen-bond acceptors (Lipinski definition) is 4. The highest BCUT2D eigenvalue weighted by atomic mass is 32.1. The lowest BCUT2D eigenvalue weighted by Gasteiger charge is -2.42. The fraction of sp³-hybridized carbons (Fsp3) is 0.379. The van der Waals surface area contributed by atoms with Crippen LogP contribution in [0.5, 0.6) is 0 Å². The second kappa shape index (κ2) is 9.96. The maximum Gasteiger partial charge on any atom is 0.254 e. The molecule has 2 amide bonds. The van der Waals surface area contributed by atoms with Gasteiger partial charge in [0.15, 0.2) is 0 Å². The second-order valence-electron chi connectivity index (χ2n) is 9.83. The van der Waals surface area contributed by atoms with Crippen LogP contribution in [-0.2, 0) is 11.2 Å². The third-order valence-electron chi connectivity index (χ3n) is 7.43. The van der Waals surface area contributed by atoms with Gasteiger partial charge >= 0.3 is 0 Å². The maximum absolute atomic E-state index is 13.5. The smallest absolute Gasteiger partial charge is 0.254 e. The van der Waals surface area contributed by atoms with E-state index in [-0.39, 0.29) is 23.9 Å². The average molecular weight is 488 g/mol. The van der Waals surface area contributed by atoms with Crippen molar-refractivity contribution in [2.24, 2.45) is 0 Å². The third-order valence-corrected chi connectivity index (χ3v) is 8.42. The highest BCUT2D eigenvalue weighted by molar-refractivity contribution is 7.10. The van der Waals surface area contributed by atoms with Crippen LogP contribution in [0.25, 0.3) is 0 Å². The molecule has 182 valence electrons. The Hall–Kier alpha value is -2.96. The first-order chi connectivity index (χ1) is 16.9. The zero-order valence-corrected chi connectivity index (χ0v) is 21.6. The van der Waals surface area contributed by atoms with Crippen LogP contribution in [0, 0.1) is 13.8 Å². The minimum absolute atomic E-state index is 0.0153. The summed E-state index contributed by atoms with van der Waals surface area (Å²) in [6, 6.07) is 18.6. The van der Waals surface area contributed by atoms with Crippen molar-refractivity contribution in [2.45, 2.75) is 39.3 Å². The summed E-state index contributed by atoms with van der Waals surface area (Å²) in [5, 5.41) is 2.17. The van der Waals surface area contributed by atoms with Gasteiger partial charge in [0.2, 0.25) is 5.91 Å². The predicted molar refractivity (Wildman–Crippen MR) is 141 cm³/mol. The van der Waals surface area contributed by atoms with Crippen molar-refractivity contribution in [1.82, 2.24) is 14.7 Å². The molecule has 1 aromatic heterocycles. The van der Waals surface area contributed by atoms with Crippen LogP contribution >= 0.6 is 11.3 Å². The Kier molecular flexibility index (Phi) is 6.76. The van der Waals surface area contributed by atoms with E-state index in [0.29, 0.717) is 31.7 Å². The molecule has 1 saturated heterocycles. The molecule has 6 heteroatoms. The number of carbonyl (C=O) groups is 2. The summed E-state index contributed by atoms with van der Waals surface area (Å²) >= 11 is 1.82. The molecule has 2 aromatic carbocycles. The molecule has 0 N–H and O–H groups in total. The fourth-order valence-electron chi connectivity index (χ4n) is 5.42. The van der Waals surface area contributed by atoms with Gasteiger partial charge in [0.25, 0.3) is 5.91 Å². The first-order valence-corrected chi connectivity index (χ1v) is 13.3. The SMILES string of the molecule is Cc1ccc(C(=O)N2CCN(C(=O)CN3CCc4sccc4[C@H]3c3ccccc3C)C[C@@H]2C)cc1. The molecule has 0 spiro atoms. The summed E-state index contributed by atoms with van der Waals surface area (Å²) in [6.45, 7) is 9.20. The topological polar surface area (TPSA) is 43.9 Å². The minimum Gasteiger partial charge on any atom is -0.338 e. The first-order valence-electron chi connectivity index (χ1n) is 12.4. The number of benzene rings is 2. The van der Waals surface area contributed by atoms with E-state index in [0.717, 1.165) is 18.5 Å². The lowest BCUT2D eigenvalue weighted by atomic mass is 9.90. The van der Waals surface area contributed by atoms with Gasteiger partial charge in [-0.3, -0.25) is 14.5 Å². The van der Waals surface area contributed by atoms with Crippen molar-refractivity contribution in [3.63, 3.8) is 0 Å². The van der Waals surface area contributed by atoms with Crippen molar-refractivity contribution in [3.8, 4) is 0 Å². The Morgan fingerprint density at radius 3 is 2.46 bits per heavy atom. The van der Waals surface area contributed by atoms with Gasteiger partial charge in [-0.05, 0) is 67.5 Å². The fourth-order valence-corrected chi connectivity index (χ4v) is 6.32. The molecule has 0 saturated carbocycles. The van der Waals surface area contributed by atoms with Crippen LogP contribution in [0.3, 0.4) is 0 Å². The van der Waals surface area contributed by atoms with E-state index >= 15 is 0 Å². The number of aryl methyl sites for hydroxylation is 2. The number of piperazine rings is 1. The Bertz CT molecular complexity index is 1220. The quantitative estimate of drug-likeness (QED) is 0.537. The van der Waals surface area contributed by atoms with Gasteiger partial charge in [0, 0.05) is 42.7 Å². The maximum atomic E-state index is 13.5. The summed E-state index contributed by atoms with van der Waals surface area (Å²) < 4.78 is 0. The zero-order valence-electron chi connectivity index (χ0n) is 20.7. The predicted octanol–water partition coefficient (Wildman–Crippen LogP) is 4.69. The Balaban J connectivity index is 1.28. The number of carbonyl (C=O) groups excluding carboxylic acids is 2. The van der Waals surface area contributed by atoms with Crippen LogP contribution in [0.1, 0.15) is 50.5 Å². The highest BCUT2D eigenvalue weighted by Gasteiger charge is 2.35. The minimum atomic E-state index is -0.0153. The van der Waals surface area contributed by atoms with E-state index in [1.807, 2.05) is 59.2 Å². The van der Waals surface area contributed by atoms with Crippen LogP contribution in [0.2, 0.25) is 0 Å². The number of amides is 2. The van der Waals surface area contributed by atoms with Gasteiger partial charge in [-0.2, -0.15) is 0 Å². The molecule has 2 atom stereocenters. The van der Waals surface area contributed by atoms with Gasteiger partial charge in [-0.25, -0.2) is 0 Å². The molecule has 1 fully saturated rings. The van der Waals surface area contributed by atoms with E-state index < -0.39 is 0 Å². The van der Waals surface area contributed by atoms with Crippen LogP contribution < -0.4 is 0 Å². The monoisotopic (exact) mass is 487 g/mol. The van der Waals surface area contributed by atoms with Crippen LogP contribution in [0.15, 0.2) is 60.0 Å². The van der Waals surface area contributed by atoms with Crippen LogP contribution in [-0.4, -0.2) is 65.3 Å². The standard InChI is InChI=1S/C29H33N3O2S/c1-20-8-10-23(11-9-20)29(34)32-16-15-30(18-22(32)3)27(33)19-31-14-12-26-25(13-17-35-26)28(31)24-7-5-4-6-21(24)2/h4-11,13,17,22,28H,12,14-16,18-19H2,1-3H3/t22-,28+/m0/s1.